The zero-order valence-electron chi connectivity index (χ0n) is 11.9. The Kier molecular flexibility index (Phi) is 4.81. The average Bonchev–Trinajstić information content (AvgIpc) is 2.42. The van der Waals surface area contributed by atoms with Crippen LogP contribution in [-0.2, 0) is 0 Å². The Bertz CT molecular complexity index is 635. The number of nitrogens with one attached hydrogen (secondary N) is 1. The second-order valence-corrected chi connectivity index (χ2v) is 6.32. The number of halogens is 1. The summed E-state index contributed by atoms with van der Waals surface area (Å²) in [6.07, 6.45) is 0. The number of carbonyl (C=O) groups is 1. The molecule has 1 N–H and O–H groups in total. The predicted molar refractivity (Wildman–Crippen MR) is 92.4 cm³/mol. The molecular formula is C17H18INO. The van der Waals surface area contributed by atoms with Crippen LogP contribution in [0.4, 0.5) is 5.69 Å². The van der Waals surface area contributed by atoms with Crippen molar-refractivity contribution in [1.82, 2.24) is 0 Å². The van der Waals surface area contributed by atoms with Gasteiger partial charge in [0.2, 0.25) is 0 Å². The van der Waals surface area contributed by atoms with Crippen molar-refractivity contribution >= 4 is 34.2 Å². The Morgan fingerprint density at radius 2 is 1.85 bits per heavy atom. The van der Waals surface area contributed by atoms with Crippen LogP contribution in [0.2, 0.25) is 0 Å². The second-order valence-electron chi connectivity index (χ2n) is 5.16. The van der Waals surface area contributed by atoms with Crippen molar-refractivity contribution in [2.45, 2.75) is 26.7 Å². The van der Waals surface area contributed by atoms with Gasteiger partial charge in [-0.2, -0.15) is 0 Å². The van der Waals surface area contributed by atoms with E-state index in [-0.39, 0.29) is 5.91 Å². The third kappa shape index (κ3) is 3.39. The zero-order valence-corrected chi connectivity index (χ0v) is 14.1. The van der Waals surface area contributed by atoms with Gasteiger partial charge in [-0.1, -0.05) is 38.1 Å². The molecule has 20 heavy (non-hydrogen) atoms. The van der Waals surface area contributed by atoms with Gasteiger partial charge in [0.05, 0.1) is 0 Å². The summed E-state index contributed by atoms with van der Waals surface area (Å²) >= 11 is 2.25. The van der Waals surface area contributed by atoms with Crippen LogP contribution in [0.1, 0.15) is 41.3 Å². The molecule has 2 aromatic carbocycles. The second kappa shape index (κ2) is 6.39. The number of hydrogen-bond acceptors (Lipinski definition) is 1. The number of hydrogen-bond donors (Lipinski definition) is 1. The van der Waals surface area contributed by atoms with Crippen LogP contribution in [0.3, 0.4) is 0 Å². The lowest BCUT2D eigenvalue weighted by atomic mass is 10.0. The van der Waals surface area contributed by atoms with Crippen LogP contribution < -0.4 is 5.32 Å². The standard InChI is InChI=1S/C17H18INO/c1-11(2)14-6-4-5-7-16(14)19-17(20)13-9-8-12(3)15(18)10-13/h4-11H,1-3H3,(H,19,20). The van der Waals surface area contributed by atoms with Crippen LogP contribution in [-0.4, -0.2) is 5.91 Å². The van der Waals surface area contributed by atoms with Crippen LogP contribution in [0, 0.1) is 10.5 Å². The van der Waals surface area contributed by atoms with Crippen molar-refractivity contribution < 1.29 is 4.79 Å². The summed E-state index contributed by atoms with van der Waals surface area (Å²) in [7, 11) is 0. The molecule has 0 saturated heterocycles. The maximum atomic E-state index is 12.3. The highest BCUT2D eigenvalue weighted by molar-refractivity contribution is 14.1. The molecule has 2 rings (SSSR count). The summed E-state index contributed by atoms with van der Waals surface area (Å²) in [5.41, 5.74) is 3.93. The number of amides is 1. The van der Waals surface area contributed by atoms with Crippen molar-refractivity contribution in [3.63, 3.8) is 0 Å². The van der Waals surface area contributed by atoms with Gasteiger partial charge in [-0.05, 0) is 64.8 Å². The molecule has 0 radical (unpaired) electrons. The number of rotatable bonds is 3. The molecule has 0 spiro atoms. The highest BCUT2D eigenvalue weighted by Gasteiger charge is 2.11. The van der Waals surface area contributed by atoms with Crippen molar-refractivity contribution in [3.8, 4) is 0 Å². The molecule has 2 aromatic rings. The molecule has 0 atom stereocenters. The fraction of sp³-hybridized carbons (Fsp3) is 0.235. The summed E-state index contributed by atoms with van der Waals surface area (Å²) < 4.78 is 1.10. The largest absolute Gasteiger partial charge is 0.322 e. The Labute approximate surface area is 133 Å². The van der Waals surface area contributed by atoms with E-state index in [9.17, 15) is 4.79 Å². The van der Waals surface area contributed by atoms with Crippen LogP contribution in [0.5, 0.6) is 0 Å². The minimum absolute atomic E-state index is 0.0592. The highest BCUT2D eigenvalue weighted by Crippen LogP contribution is 2.24. The normalized spacial score (nSPS) is 10.7. The first-order valence-corrected chi connectivity index (χ1v) is 7.73. The van der Waals surface area contributed by atoms with E-state index in [0.29, 0.717) is 11.5 Å². The summed E-state index contributed by atoms with van der Waals surface area (Å²) in [5.74, 6) is 0.320. The third-order valence-corrected chi connectivity index (χ3v) is 4.43. The molecule has 0 aliphatic rings. The fourth-order valence-corrected chi connectivity index (χ4v) is 2.56. The van der Waals surface area contributed by atoms with Crippen LogP contribution in [0.15, 0.2) is 42.5 Å². The van der Waals surface area contributed by atoms with Crippen molar-refractivity contribution in [2.24, 2.45) is 0 Å². The fourth-order valence-electron chi connectivity index (χ4n) is 2.04. The average molecular weight is 379 g/mol. The monoisotopic (exact) mass is 379 g/mol. The van der Waals surface area contributed by atoms with E-state index in [1.54, 1.807) is 0 Å². The Morgan fingerprint density at radius 3 is 2.50 bits per heavy atom. The van der Waals surface area contributed by atoms with Crippen molar-refractivity contribution in [3.05, 3.63) is 62.7 Å². The third-order valence-electron chi connectivity index (χ3n) is 3.27. The highest BCUT2D eigenvalue weighted by atomic mass is 127. The number of para-hydroxylation sites is 1. The van der Waals surface area contributed by atoms with E-state index in [1.807, 2.05) is 43.3 Å². The van der Waals surface area contributed by atoms with E-state index in [1.165, 1.54) is 5.56 Å². The number of carbonyl (C=O) groups excluding carboxylic acids is 1. The molecule has 3 heteroatoms. The molecule has 0 unspecified atom stereocenters. The van der Waals surface area contributed by atoms with E-state index in [2.05, 4.69) is 47.8 Å². The summed E-state index contributed by atoms with van der Waals surface area (Å²) in [6.45, 7) is 6.29. The molecule has 2 nitrogen and oxygen atoms in total. The molecule has 0 saturated carbocycles. The SMILES string of the molecule is Cc1ccc(C(=O)Nc2ccccc2C(C)C)cc1I. The molecule has 0 aromatic heterocycles. The number of benzene rings is 2. The quantitative estimate of drug-likeness (QED) is 0.750. The maximum Gasteiger partial charge on any atom is 0.255 e. The first-order chi connectivity index (χ1) is 9.49. The van der Waals surface area contributed by atoms with Gasteiger partial charge in [0.15, 0.2) is 0 Å². The topological polar surface area (TPSA) is 29.1 Å². The lowest BCUT2D eigenvalue weighted by Gasteiger charge is -2.14. The smallest absolute Gasteiger partial charge is 0.255 e. The van der Waals surface area contributed by atoms with Gasteiger partial charge in [0.25, 0.3) is 5.91 Å². The van der Waals surface area contributed by atoms with E-state index in [0.717, 1.165) is 14.8 Å². The van der Waals surface area contributed by atoms with Gasteiger partial charge in [-0.15, -0.1) is 0 Å². The number of anilines is 1. The van der Waals surface area contributed by atoms with Crippen LogP contribution in [0.25, 0.3) is 0 Å². The predicted octanol–water partition coefficient (Wildman–Crippen LogP) is 4.98. The first kappa shape index (κ1) is 15.0. The Balaban J connectivity index is 2.26. The van der Waals surface area contributed by atoms with E-state index < -0.39 is 0 Å². The molecule has 0 bridgehead atoms. The first-order valence-electron chi connectivity index (χ1n) is 6.65. The lowest BCUT2D eigenvalue weighted by Crippen LogP contribution is -2.14. The molecule has 0 aliphatic carbocycles. The van der Waals surface area contributed by atoms with Gasteiger partial charge in [0, 0.05) is 14.8 Å². The minimum atomic E-state index is -0.0592. The molecule has 104 valence electrons. The van der Waals surface area contributed by atoms with Crippen LogP contribution >= 0.6 is 22.6 Å². The molecule has 1 amide bonds. The molecule has 0 aliphatic heterocycles. The number of aryl methyl sites for hydroxylation is 1. The summed E-state index contributed by atoms with van der Waals surface area (Å²) in [6, 6.07) is 13.7. The van der Waals surface area contributed by atoms with Gasteiger partial charge in [0.1, 0.15) is 0 Å². The van der Waals surface area contributed by atoms with Crippen molar-refractivity contribution in [2.75, 3.05) is 5.32 Å². The molecule has 0 heterocycles. The van der Waals surface area contributed by atoms with Crippen molar-refractivity contribution in [1.29, 1.82) is 0 Å². The molecular weight excluding hydrogens is 361 g/mol. The zero-order chi connectivity index (χ0) is 14.7. The van der Waals surface area contributed by atoms with E-state index in [4.69, 9.17) is 0 Å². The molecule has 0 fully saturated rings. The Morgan fingerprint density at radius 1 is 1.15 bits per heavy atom. The van der Waals surface area contributed by atoms with Gasteiger partial charge < -0.3 is 5.32 Å². The van der Waals surface area contributed by atoms with E-state index >= 15 is 0 Å². The lowest BCUT2D eigenvalue weighted by molar-refractivity contribution is 0.102. The van der Waals surface area contributed by atoms with Gasteiger partial charge >= 0.3 is 0 Å². The summed E-state index contributed by atoms with van der Waals surface area (Å²) in [4.78, 5) is 12.3. The van der Waals surface area contributed by atoms with Gasteiger partial charge in [-0.25, -0.2) is 0 Å². The summed E-state index contributed by atoms with van der Waals surface area (Å²) in [5, 5.41) is 3.01. The maximum absolute atomic E-state index is 12.3. The Hall–Kier alpha value is -1.36. The van der Waals surface area contributed by atoms with Gasteiger partial charge in [-0.3, -0.25) is 4.79 Å². The minimum Gasteiger partial charge on any atom is -0.322 e.